The summed E-state index contributed by atoms with van der Waals surface area (Å²) >= 11 is 0. The Bertz CT molecular complexity index is 776. The standard InChI is InChI=1S/C16H24N4O3/c1-5-11(21)6-7-17-13(22)8-12-9(2)14-15(18-10(12)3)20(4)19-16(14)23/h11,21H,5-8H2,1-4H3,(H,17,22)(H,19,23). The van der Waals surface area contributed by atoms with Gasteiger partial charge in [-0.25, -0.2) is 4.98 Å². The van der Waals surface area contributed by atoms with Crippen molar-refractivity contribution in [2.45, 2.75) is 46.1 Å². The van der Waals surface area contributed by atoms with Crippen LogP contribution in [0.4, 0.5) is 0 Å². The number of nitrogens with zero attached hydrogens (tertiary/aromatic N) is 2. The van der Waals surface area contributed by atoms with Crippen LogP contribution in [-0.4, -0.2) is 38.4 Å². The van der Waals surface area contributed by atoms with E-state index in [4.69, 9.17) is 0 Å². The lowest BCUT2D eigenvalue weighted by molar-refractivity contribution is -0.120. The molecule has 2 aromatic heterocycles. The number of fused-ring (bicyclic) bond motifs is 1. The topological polar surface area (TPSA) is 100 Å². The molecular weight excluding hydrogens is 296 g/mol. The smallest absolute Gasteiger partial charge is 0.273 e. The first kappa shape index (κ1) is 17.2. The lowest BCUT2D eigenvalue weighted by Gasteiger charge is -2.12. The van der Waals surface area contributed by atoms with Crippen molar-refractivity contribution in [2.24, 2.45) is 7.05 Å². The van der Waals surface area contributed by atoms with Gasteiger partial charge in [-0.05, 0) is 37.8 Å². The van der Waals surface area contributed by atoms with Gasteiger partial charge in [0.05, 0.1) is 17.9 Å². The first-order valence-electron chi connectivity index (χ1n) is 7.84. The van der Waals surface area contributed by atoms with E-state index in [0.29, 0.717) is 30.4 Å². The van der Waals surface area contributed by atoms with Gasteiger partial charge in [-0.3, -0.25) is 19.4 Å². The normalized spacial score (nSPS) is 12.6. The molecule has 0 spiro atoms. The van der Waals surface area contributed by atoms with Gasteiger partial charge in [0.2, 0.25) is 5.91 Å². The third kappa shape index (κ3) is 3.61. The Kier molecular flexibility index (Phi) is 5.20. The molecule has 2 heterocycles. The van der Waals surface area contributed by atoms with E-state index in [0.717, 1.165) is 16.8 Å². The molecule has 7 heteroatoms. The molecule has 1 amide bonds. The number of aryl methyl sites for hydroxylation is 3. The van der Waals surface area contributed by atoms with Gasteiger partial charge in [0, 0.05) is 19.3 Å². The van der Waals surface area contributed by atoms with Gasteiger partial charge < -0.3 is 10.4 Å². The second-order valence-corrected chi connectivity index (χ2v) is 5.88. The number of pyridine rings is 1. The molecule has 0 saturated heterocycles. The molecule has 2 aromatic rings. The summed E-state index contributed by atoms with van der Waals surface area (Å²) in [4.78, 5) is 28.5. The van der Waals surface area contributed by atoms with Crippen molar-refractivity contribution in [2.75, 3.05) is 6.54 Å². The van der Waals surface area contributed by atoms with Crippen LogP contribution in [0.3, 0.4) is 0 Å². The molecular formula is C16H24N4O3. The summed E-state index contributed by atoms with van der Waals surface area (Å²) in [5.41, 5.74) is 2.72. The third-order valence-corrected chi connectivity index (χ3v) is 4.18. The first-order valence-corrected chi connectivity index (χ1v) is 7.84. The maximum Gasteiger partial charge on any atom is 0.273 e. The van der Waals surface area contributed by atoms with E-state index in [-0.39, 0.29) is 24.0 Å². The molecule has 0 aliphatic heterocycles. The van der Waals surface area contributed by atoms with E-state index in [1.54, 1.807) is 11.7 Å². The fourth-order valence-corrected chi connectivity index (χ4v) is 2.71. The van der Waals surface area contributed by atoms with E-state index in [1.165, 1.54) is 0 Å². The van der Waals surface area contributed by atoms with Crippen LogP contribution < -0.4 is 10.9 Å². The molecule has 23 heavy (non-hydrogen) atoms. The molecule has 126 valence electrons. The van der Waals surface area contributed by atoms with Gasteiger partial charge in [0.1, 0.15) is 0 Å². The van der Waals surface area contributed by atoms with Crippen LogP contribution in [0.25, 0.3) is 11.0 Å². The summed E-state index contributed by atoms with van der Waals surface area (Å²) in [7, 11) is 1.74. The average Bonchev–Trinajstić information content (AvgIpc) is 2.77. The van der Waals surface area contributed by atoms with Crippen molar-refractivity contribution in [3.63, 3.8) is 0 Å². The van der Waals surface area contributed by atoms with Crippen molar-refractivity contribution in [1.29, 1.82) is 0 Å². The summed E-state index contributed by atoms with van der Waals surface area (Å²) in [6, 6.07) is 0. The fraction of sp³-hybridized carbons (Fsp3) is 0.562. The maximum atomic E-state index is 12.1. The number of aromatic amines is 1. The van der Waals surface area contributed by atoms with Crippen LogP contribution in [-0.2, 0) is 18.3 Å². The number of aliphatic hydroxyl groups excluding tert-OH is 1. The molecule has 7 nitrogen and oxygen atoms in total. The number of hydrogen-bond donors (Lipinski definition) is 3. The number of amides is 1. The summed E-state index contributed by atoms with van der Waals surface area (Å²) < 4.78 is 1.59. The molecule has 1 unspecified atom stereocenters. The number of carbonyl (C=O) groups is 1. The van der Waals surface area contributed by atoms with Crippen molar-refractivity contribution < 1.29 is 9.90 Å². The van der Waals surface area contributed by atoms with Crippen molar-refractivity contribution in [1.82, 2.24) is 20.1 Å². The second-order valence-electron chi connectivity index (χ2n) is 5.88. The molecule has 0 aliphatic carbocycles. The van der Waals surface area contributed by atoms with Crippen molar-refractivity contribution >= 4 is 16.9 Å². The zero-order valence-electron chi connectivity index (χ0n) is 14.1. The minimum atomic E-state index is -0.389. The van der Waals surface area contributed by atoms with E-state index in [9.17, 15) is 14.7 Å². The van der Waals surface area contributed by atoms with Crippen LogP contribution in [0, 0.1) is 13.8 Å². The largest absolute Gasteiger partial charge is 0.393 e. The highest BCUT2D eigenvalue weighted by atomic mass is 16.3. The predicted octanol–water partition coefficient (Wildman–Crippen LogP) is 0.698. The van der Waals surface area contributed by atoms with Crippen LogP contribution in [0.15, 0.2) is 4.79 Å². The van der Waals surface area contributed by atoms with Crippen LogP contribution in [0.5, 0.6) is 0 Å². The van der Waals surface area contributed by atoms with Crippen molar-refractivity contribution in [3.8, 4) is 0 Å². The van der Waals surface area contributed by atoms with E-state index in [2.05, 4.69) is 15.4 Å². The molecule has 0 radical (unpaired) electrons. The number of hydrogen-bond acceptors (Lipinski definition) is 4. The molecule has 0 aliphatic rings. The molecule has 0 saturated carbocycles. The lowest BCUT2D eigenvalue weighted by Crippen LogP contribution is -2.29. The number of aliphatic hydroxyl groups is 1. The van der Waals surface area contributed by atoms with E-state index >= 15 is 0 Å². The fourth-order valence-electron chi connectivity index (χ4n) is 2.71. The Hall–Kier alpha value is -2.15. The van der Waals surface area contributed by atoms with Crippen LogP contribution in [0.2, 0.25) is 0 Å². The first-order chi connectivity index (χ1) is 10.8. The van der Waals surface area contributed by atoms with Crippen LogP contribution in [0.1, 0.15) is 36.6 Å². The molecule has 0 fully saturated rings. The zero-order valence-corrected chi connectivity index (χ0v) is 14.1. The zero-order chi connectivity index (χ0) is 17.1. The SMILES string of the molecule is CCC(O)CCNC(=O)Cc1c(C)nc2c(c1C)c(=O)[nH]n2C. The number of aromatic nitrogens is 3. The van der Waals surface area contributed by atoms with E-state index in [1.807, 2.05) is 20.8 Å². The second kappa shape index (κ2) is 6.95. The summed E-state index contributed by atoms with van der Waals surface area (Å²) in [6.07, 6.45) is 0.998. The third-order valence-electron chi connectivity index (χ3n) is 4.18. The van der Waals surface area contributed by atoms with E-state index < -0.39 is 0 Å². The van der Waals surface area contributed by atoms with Gasteiger partial charge >= 0.3 is 0 Å². The van der Waals surface area contributed by atoms with Gasteiger partial charge in [-0.1, -0.05) is 6.92 Å². The lowest BCUT2D eigenvalue weighted by atomic mass is 10.0. The van der Waals surface area contributed by atoms with Gasteiger partial charge in [-0.15, -0.1) is 0 Å². The summed E-state index contributed by atoms with van der Waals surface area (Å²) in [6.45, 7) is 6.02. The molecule has 1 atom stereocenters. The Morgan fingerprint density at radius 1 is 1.43 bits per heavy atom. The highest BCUT2D eigenvalue weighted by Gasteiger charge is 2.17. The number of nitrogens with one attached hydrogen (secondary N) is 2. The number of H-pyrrole nitrogens is 1. The highest BCUT2D eigenvalue weighted by Crippen LogP contribution is 2.20. The van der Waals surface area contributed by atoms with Gasteiger partial charge in [-0.2, -0.15) is 0 Å². The summed E-state index contributed by atoms with van der Waals surface area (Å²) in [5, 5.41) is 15.5. The molecule has 0 bridgehead atoms. The molecule has 0 aromatic carbocycles. The Morgan fingerprint density at radius 2 is 2.13 bits per heavy atom. The highest BCUT2D eigenvalue weighted by molar-refractivity contribution is 5.84. The summed E-state index contributed by atoms with van der Waals surface area (Å²) in [5.74, 6) is -0.131. The molecule has 3 N–H and O–H groups in total. The number of rotatable bonds is 6. The number of carbonyl (C=O) groups excluding carboxylic acids is 1. The van der Waals surface area contributed by atoms with Gasteiger partial charge in [0.25, 0.3) is 5.56 Å². The Balaban J connectivity index is 2.18. The predicted molar refractivity (Wildman–Crippen MR) is 88.4 cm³/mol. The quantitative estimate of drug-likeness (QED) is 0.729. The Morgan fingerprint density at radius 3 is 2.78 bits per heavy atom. The average molecular weight is 320 g/mol. The van der Waals surface area contributed by atoms with Gasteiger partial charge in [0.15, 0.2) is 5.65 Å². The van der Waals surface area contributed by atoms with Crippen molar-refractivity contribution in [3.05, 3.63) is 27.2 Å². The maximum absolute atomic E-state index is 12.1. The monoisotopic (exact) mass is 320 g/mol. The minimum absolute atomic E-state index is 0.131. The minimum Gasteiger partial charge on any atom is -0.393 e. The Labute approximate surface area is 134 Å². The van der Waals surface area contributed by atoms with Crippen LogP contribution >= 0.6 is 0 Å². The molecule has 2 rings (SSSR count).